The van der Waals surface area contributed by atoms with Gasteiger partial charge in [0.2, 0.25) is 0 Å². The maximum atomic E-state index is 14.3. The zero-order valence-corrected chi connectivity index (χ0v) is 20.9. The van der Waals surface area contributed by atoms with Crippen LogP contribution in [0.4, 0.5) is 26.2 Å². The Hall–Kier alpha value is -2.62. The van der Waals surface area contributed by atoms with Crippen LogP contribution < -0.4 is 65.4 Å². The molecule has 5 N–H and O–H groups in total. The van der Waals surface area contributed by atoms with Crippen LogP contribution in [0.2, 0.25) is 0 Å². The first-order valence-electron chi connectivity index (χ1n) is 9.47. The van der Waals surface area contributed by atoms with Gasteiger partial charge < -0.3 is 0 Å². The van der Waals surface area contributed by atoms with Crippen LogP contribution in [0.15, 0.2) is 36.7 Å². The van der Waals surface area contributed by atoms with Crippen LogP contribution in [0.3, 0.4) is 0 Å². The predicted octanol–water partition coefficient (Wildman–Crippen LogP) is -3.10. The topological polar surface area (TPSA) is 120 Å². The van der Waals surface area contributed by atoms with E-state index < -0.39 is 48.8 Å². The van der Waals surface area contributed by atoms with Gasteiger partial charge in [-0.25, -0.2) is 0 Å². The second kappa shape index (κ2) is 8.73. The van der Waals surface area contributed by atoms with E-state index in [1.54, 1.807) is 24.5 Å². The maximum absolute atomic E-state index is 14.3. The molecule has 1 atom stereocenters. The molecule has 2 bridgehead atoms. The molecule has 32 heavy (non-hydrogen) atoms. The van der Waals surface area contributed by atoms with Gasteiger partial charge in [-0.3, -0.25) is 0 Å². The van der Waals surface area contributed by atoms with Crippen LogP contribution in [0, 0.1) is 5.82 Å². The molecule has 0 saturated carbocycles. The summed E-state index contributed by atoms with van der Waals surface area (Å²) in [6, 6.07) is 6.39. The van der Waals surface area contributed by atoms with Crippen molar-refractivity contribution in [2.24, 2.45) is 0 Å². The number of rotatable bonds is 3. The van der Waals surface area contributed by atoms with Crippen molar-refractivity contribution in [3.63, 3.8) is 0 Å². The molecule has 0 spiro atoms. The van der Waals surface area contributed by atoms with Crippen molar-refractivity contribution < 1.29 is 61.7 Å². The predicted molar refractivity (Wildman–Crippen MR) is 107 cm³/mol. The average molecular weight is 662 g/mol. The number of hydrogen-bond acceptors (Lipinski definition) is 6. The summed E-state index contributed by atoms with van der Waals surface area (Å²) >= 11 is -1.76. The molecule has 2 amide bonds. The minimum absolute atomic E-state index is 0.0000479. The number of pyridine rings is 1. The molecule has 0 fully saturated rings. The number of anilines is 3. The Morgan fingerprint density at radius 2 is 2.12 bits per heavy atom. The summed E-state index contributed by atoms with van der Waals surface area (Å²) in [7, 11) is 1.40. The molecule has 168 valence electrons. The molecule has 2 aromatic heterocycles. The van der Waals surface area contributed by atoms with Crippen molar-refractivity contribution in [1.29, 1.82) is 0 Å². The van der Waals surface area contributed by atoms with Crippen LogP contribution in [-0.2, 0) is 0 Å². The molecule has 4 heterocycles. The second-order valence-corrected chi connectivity index (χ2v) is 11.6. The van der Waals surface area contributed by atoms with E-state index in [4.69, 9.17) is 4.74 Å². The standard InChI is InChI=1S/C20H17FI2N6O3/c1-32-18-10(21)3-2-4-12(18)26-17-14-16-11(7-25-19(14)30)22-29-20(31)23-28-13-8-24-6-5-9(13)15(17)27-16/h2-6,8,11,26-28H,7H2,1H3,(H,25,30)(H,29,31)/q-2/t11-/m1/s1. The van der Waals surface area contributed by atoms with Gasteiger partial charge in [0.15, 0.2) is 0 Å². The number of H-pyrrole nitrogens is 1. The molecular formula is C20H17FI2N6O3-2. The number of carbonyl (C=O) groups excluding carboxylic acids is 2. The molecule has 0 saturated heterocycles. The Morgan fingerprint density at radius 1 is 1.25 bits per heavy atom. The number of amides is 2. The summed E-state index contributed by atoms with van der Waals surface area (Å²) < 4.78 is 25.9. The molecule has 0 radical (unpaired) electrons. The number of benzene rings is 1. The number of nitrogens with one attached hydrogen (secondary N) is 5. The molecule has 2 aliphatic heterocycles. The molecule has 9 nitrogen and oxygen atoms in total. The van der Waals surface area contributed by atoms with Crippen molar-refractivity contribution in [3.05, 3.63) is 53.7 Å². The Balaban J connectivity index is 1.74. The first-order chi connectivity index (χ1) is 15.6. The molecule has 1 aromatic carbocycles. The fraction of sp³-hybridized carbons (Fsp3) is 0.150. The van der Waals surface area contributed by atoms with Crippen LogP contribution >= 0.6 is 0 Å². The van der Waals surface area contributed by atoms with E-state index in [-0.39, 0.29) is 19.5 Å². The van der Waals surface area contributed by atoms with E-state index in [9.17, 15) is 14.0 Å². The normalized spacial score (nSPS) is 17.8. The number of alkyl halides is 1. The van der Waals surface area contributed by atoms with Gasteiger partial charge in [-0.15, -0.1) is 0 Å². The van der Waals surface area contributed by atoms with Gasteiger partial charge in [0.1, 0.15) is 0 Å². The number of para-hydroxylation sites is 1. The van der Waals surface area contributed by atoms with E-state index >= 15 is 0 Å². The third-order valence-corrected chi connectivity index (χ3v) is 10.3. The number of aromatic nitrogens is 2. The van der Waals surface area contributed by atoms with Crippen molar-refractivity contribution >= 4 is 26.9 Å². The van der Waals surface area contributed by atoms with Gasteiger partial charge >= 0.3 is 205 Å². The number of methoxy groups -OCH3 is 1. The minimum atomic E-state index is -0.993. The van der Waals surface area contributed by atoms with Gasteiger partial charge in [0.25, 0.3) is 0 Å². The van der Waals surface area contributed by atoms with E-state index in [0.717, 1.165) is 11.3 Å². The fourth-order valence-electron chi connectivity index (χ4n) is 3.64. The van der Waals surface area contributed by atoms with Crippen molar-refractivity contribution in [3.8, 4) is 17.0 Å². The molecule has 5 rings (SSSR count). The molecule has 0 aliphatic carbocycles. The van der Waals surface area contributed by atoms with Gasteiger partial charge in [-0.1, -0.05) is 0 Å². The quantitative estimate of drug-likeness (QED) is 0.0668. The monoisotopic (exact) mass is 662 g/mol. The van der Waals surface area contributed by atoms with E-state index in [0.29, 0.717) is 34.9 Å². The molecule has 0 unspecified atom stereocenters. The van der Waals surface area contributed by atoms with Crippen LogP contribution in [0.5, 0.6) is 5.75 Å². The fourth-order valence-corrected chi connectivity index (χ4v) is 8.02. The zero-order valence-electron chi connectivity index (χ0n) is 16.6. The SMILES string of the molecule is COc1c(F)cccc1Nc1c2[nH]c3c1C(=O)NC[C@H]3[I-]NC(=O)[I-]Nc1cnccc1-2. The van der Waals surface area contributed by atoms with Gasteiger partial charge in [0.05, 0.1) is 0 Å². The van der Waals surface area contributed by atoms with Crippen molar-refractivity contribution in [2.75, 3.05) is 22.5 Å². The number of ether oxygens (including phenoxy) is 1. The summed E-state index contributed by atoms with van der Waals surface area (Å²) in [5.41, 5.74) is 4.24. The number of aromatic amines is 1. The number of fused-ring (bicyclic) bond motifs is 3. The molecular weight excluding hydrogens is 645 g/mol. The molecule has 3 aromatic rings. The summed E-state index contributed by atoms with van der Waals surface area (Å²) in [4.78, 5) is 32.9. The number of halogens is 3. The third-order valence-electron chi connectivity index (χ3n) is 5.03. The Bertz CT molecular complexity index is 1230. The third kappa shape index (κ3) is 3.74. The molecule has 12 heteroatoms. The Labute approximate surface area is 203 Å². The average Bonchev–Trinajstić information content (AvgIpc) is 3.16. The van der Waals surface area contributed by atoms with Crippen molar-refractivity contribution in [1.82, 2.24) is 18.8 Å². The summed E-state index contributed by atoms with van der Waals surface area (Å²) in [5.74, 6) is -0.689. The summed E-state index contributed by atoms with van der Waals surface area (Å²) in [6.45, 7) is 0.441. The Kier molecular flexibility index (Phi) is 5.79. The van der Waals surface area contributed by atoms with E-state index in [1.807, 2.05) is 6.07 Å². The van der Waals surface area contributed by atoms with Crippen LogP contribution in [0.25, 0.3) is 11.3 Å². The first kappa shape index (κ1) is 21.2. The number of nitrogens with zero attached hydrogens (tertiary/aromatic N) is 1. The second-order valence-electron chi connectivity index (χ2n) is 6.87. The van der Waals surface area contributed by atoms with Gasteiger partial charge in [-0.05, 0) is 0 Å². The van der Waals surface area contributed by atoms with Crippen LogP contribution in [0.1, 0.15) is 20.0 Å². The van der Waals surface area contributed by atoms with Gasteiger partial charge in [0, 0.05) is 0 Å². The first-order valence-corrected chi connectivity index (χ1v) is 13.9. The van der Waals surface area contributed by atoms with Crippen molar-refractivity contribution in [2.45, 2.75) is 3.92 Å². The van der Waals surface area contributed by atoms with E-state index in [1.165, 1.54) is 13.2 Å². The number of hydrogen-bond donors (Lipinski definition) is 5. The zero-order chi connectivity index (χ0) is 22.2. The summed E-state index contributed by atoms with van der Waals surface area (Å²) in [6.07, 6.45) is 3.30. The van der Waals surface area contributed by atoms with Gasteiger partial charge in [-0.2, -0.15) is 0 Å². The van der Waals surface area contributed by atoms with E-state index in [2.05, 4.69) is 27.7 Å². The Morgan fingerprint density at radius 3 is 2.97 bits per heavy atom. The summed E-state index contributed by atoms with van der Waals surface area (Å²) in [5, 5.41) is 6.17. The molecule has 2 aliphatic rings. The van der Waals surface area contributed by atoms with Crippen LogP contribution in [-0.4, -0.2) is 33.4 Å². The number of carbonyl (C=O) groups is 2.